The Morgan fingerprint density at radius 3 is 2.69 bits per heavy atom. The fourth-order valence-electron chi connectivity index (χ4n) is 2.27. The van der Waals surface area contributed by atoms with Gasteiger partial charge in [-0.25, -0.2) is 0 Å². The van der Waals surface area contributed by atoms with Crippen molar-refractivity contribution in [1.29, 1.82) is 0 Å². The average molecular weight is 259 g/mol. The van der Waals surface area contributed by atoms with Gasteiger partial charge in [-0.1, -0.05) is 34.8 Å². The highest BCUT2D eigenvalue weighted by Crippen LogP contribution is 2.42. The molecule has 0 aliphatic heterocycles. The summed E-state index contributed by atoms with van der Waals surface area (Å²) in [6.07, 6.45) is 6.97. The molecule has 1 aromatic rings. The molecule has 0 radical (unpaired) electrons. The molecule has 1 aliphatic carbocycles. The van der Waals surface area contributed by atoms with Crippen LogP contribution in [0.1, 0.15) is 30.6 Å². The Hall–Kier alpha value is 0.180. The van der Waals surface area contributed by atoms with Crippen LogP contribution < -0.4 is 0 Å². The Balaban J connectivity index is 2.06. The number of hydrogen-bond donors (Lipinski definition) is 0. The van der Waals surface area contributed by atoms with Crippen LogP contribution in [0.15, 0.2) is 17.5 Å². The molecule has 0 unspecified atom stereocenters. The van der Waals surface area contributed by atoms with Gasteiger partial charge in [-0.2, -0.15) is 0 Å². The molecule has 13 heavy (non-hydrogen) atoms. The van der Waals surface area contributed by atoms with Crippen LogP contribution in [-0.4, -0.2) is 5.33 Å². The summed E-state index contributed by atoms with van der Waals surface area (Å²) in [6.45, 7) is 0. The highest BCUT2D eigenvalue weighted by Gasteiger charge is 2.32. The van der Waals surface area contributed by atoms with E-state index in [4.69, 9.17) is 0 Å². The van der Waals surface area contributed by atoms with Crippen molar-refractivity contribution in [2.45, 2.75) is 32.1 Å². The first kappa shape index (κ1) is 9.72. The Bertz CT molecular complexity index is 247. The lowest BCUT2D eigenvalue weighted by Crippen LogP contribution is -2.20. The van der Waals surface area contributed by atoms with Crippen LogP contribution in [0.25, 0.3) is 0 Å². The van der Waals surface area contributed by atoms with Crippen molar-refractivity contribution in [2.75, 3.05) is 5.33 Å². The van der Waals surface area contributed by atoms with Gasteiger partial charge in [-0.15, -0.1) is 11.3 Å². The zero-order valence-corrected chi connectivity index (χ0v) is 10.2. The number of hydrogen-bond acceptors (Lipinski definition) is 1. The summed E-state index contributed by atoms with van der Waals surface area (Å²) in [5.74, 6) is 0. The third-order valence-corrected chi connectivity index (χ3v) is 5.14. The number of thiophene rings is 1. The van der Waals surface area contributed by atoms with E-state index < -0.39 is 0 Å². The van der Waals surface area contributed by atoms with E-state index in [2.05, 4.69) is 33.4 Å². The molecule has 0 aromatic carbocycles. The summed E-state index contributed by atoms with van der Waals surface area (Å²) < 4.78 is 0. The van der Waals surface area contributed by atoms with Crippen LogP contribution in [0.5, 0.6) is 0 Å². The largest absolute Gasteiger partial charge is 0.149 e. The molecule has 1 heterocycles. The topological polar surface area (TPSA) is 0 Å². The zero-order chi connectivity index (χ0) is 9.15. The minimum Gasteiger partial charge on any atom is -0.149 e. The Morgan fingerprint density at radius 1 is 1.38 bits per heavy atom. The molecule has 0 saturated heterocycles. The molecule has 72 valence electrons. The molecule has 0 spiro atoms. The monoisotopic (exact) mass is 258 g/mol. The fourth-order valence-corrected chi connectivity index (χ4v) is 3.90. The van der Waals surface area contributed by atoms with E-state index in [9.17, 15) is 0 Å². The average Bonchev–Trinajstić information content (AvgIpc) is 2.77. The molecule has 1 aliphatic rings. The van der Waals surface area contributed by atoms with Crippen LogP contribution in [0.3, 0.4) is 0 Å². The summed E-state index contributed by atoms with van der Waals surface area (Å²) in [4.78, 5) is 1.56. The number of halogens is 1. The van der Waals surface area contributed by atoms with Gasteiger partial charge in [-0.05, 0) is 36.1 Å². The standard InChI is InChI=1S/C11H15BrS/c12-9-11(5-1-2-6-11)8-10-4-3-7-13-10/h3-4,7H,1-2,5-6,8-9H2. The van der Waals surface area contributed by atoms with Crippen molar-refractivity contribution < 1.29 is 0 Å². The summed E-state index contributed by atoms with van der Waals surface area (Å²) in [6, 6.07) is 4.43. The molecule has 1 saturated carbocycles. The molecule has 0 N–H and O–H groups in total. The molecular weight excluding hydrogens is 244 g/mol. The van der Waals surface area contributed by atoms with Crippen LogP contribution in [0, 0.1) is 5.41 Å². The van der Waals surface area contributed by atoms with E-state index in [0.717, 1.165) is 0 Å². The maximum Gasteiger partial charge on any atom is 0.00914 e. The molecule has 0 nitrogen and oxygen atoms in total. The van der Waals surface area contributed by atoms with Gasteiger partial charge in [-0.3, -0.25) is 0 Å². The predicted octanol–water partition coefficient (Wildman–Crippen LogP) is 4.25. The van der Waals surface area contributed by atoms with Gasteiger partial charge in [0.05, 0.1) is 0 Å². The van der Waals surface area contributed by atoms with Gasteiger partial charge >= 0.3 is 0 Å². The molecule has 1 aromatic heterocycles. The van der Waals surface area contributed by atoms with E-state index in [1.807, 2.05) is 11.3 Å². The van der Waals surface area contributed by atoms with E-state index in [0.29, 0.717) is 5.41 Å². The van der Waals surface area contributed by atoms with Gasteiger partial charge in [0.25, 0.3) is 0 Å². The molecule has 2 heteroatoms. The van der Waals surface area contributed by atoms with E-state index in [1.54, 1.807) is 4.88 Å². The minimum absolute atomic E-state index is 0.588. The second-order valence-corrected chi connectivity index (χ2v) is 5.69. The molecule has 1 fully saturated rings. The van der Waals surface area contributed by atoms with E-state index in [-0.39, 0.29) is 0 Å². The summed E-state index contributed by atoms with van der Waals surface area (Å²) in [7, 11) is 0. The lowest BCUT2D eigenvalue weighted by atomic mass is 9.84. The Labute approximate surface area is 92.5 Å². The first-order chi connectivity index (χ1) is 6.35. The predicted molar refractivity (Wildman–Crippen MR) is 62.7 cm³/mol. The van der Waals surface area contributed by atoms with Gasteiger partial charge < -0.3 is 0 Å². The van der Waals surface area contributed by atoms with E-state index in [1.165, 1.54) is 37.4 Å². The Morgan fingerprint density at radius 2 is 2.15 bits per heavy atom. The minimum atomic E-state index is 0.588. The zero-order valence-electron chi connectivity index (χ0n) is 7.76. The molecule has 0 atom stereocenters. The third-order valence-electron chi connectivity index (χ3n) is 3.08. The second kappa shape index (κ2) is 4.14. The first-order valence-corrected chi connectivity index (χ1v) is 6.93. The SMILES string of the molecule is BrCC1(Cc2cccs2)CCCC1. The summed E-state index contributed by atoms with van der Waals surface area (Å²) >= 11 is 5.59. The number of alkyl halides is 1. The third kappa shape index (κ3) is 2.16. The smallest absolute Gasteiger partial charge is 0.00914 e. The molecule has 0 amide bonds. The van der Waals surface area contributed by atoms with Crippen LogP contribution in [-0.2, 0) is 6.42 Å². The van der Waals surface area contributed by atoms with Gasteiger partial charge in [0, 0.05) is 10.2 Å². The maximum absolute atomic E-state index is 3.68. The summed E-state index contributed by atoms with van der Waals surface area (Å²) in [5.41, 5.74) is 0.588. The van der Waals surface area contributed by atoms with Crippen LogP contribution in [0.2, 0.25) is 0 Å². The number of rotatable bonds is 3. The lowest BCUT2D eigenvalue weighted by Gasteiger charge is -2.25. The van der Waals surface area contributed by atoms with Crippen molar-refractivity contribution in [3.05, 3.63) is 22.4 Å². The highest BCUT2D eigenvalue weighted by atomic mass is 79.9. The van der Waals surface area contributed by atoms with Gasteiger partial charge in [0.1, 0.15) is 0 Å². The lowest BCUT2D eigenvalue weighted by molar-refractivity contribution is 0.349. The molecule has 2 rings (SSSR count). The van der Waals surface area contributed by atoms with Crippen molar-refractivity contribution in [2.24, 2.45) is 5.41 Å². The fraction of sp³-hybridized carbons (Fsp3) is 0.636. The van der Waals surface area contributed by atoms with Crippen molar-refractivity contribution in [3.63, 3.8) is 0 Å². The van der Waals surface area contributed by atoms with Crippen molar-refractivity contribution in [3.8, 4) is 0 Å². The van der Waals surface area contributed by atoms with Crippen LogP contribution in [0.4, 0.5) is 0 Å². The van der Waals surface area contributed by atoms with Crippen molar-refractivity contribution in [1.82, 2.24) is 0 Å². The highest BCUT2D eigenvalue weighted by molar-refractivity contribution is 9.09. The van der Waals surface area contributed by atoms with Crippen molar-refractivity contribution >= 4 is 27.3 Å². The quantitative estimate of drug-likeness (QED) is 0.712. The normalized spacial score (nSPS) is 20.7. The van der Waals surface area contributed by atoms with Gasteiger partial charge in [0.2, 0.25) is 0 Å². The van der Waals surface area contributed by atoms with Crippen LogP contribution >= 0.6 is 27.3 Å². The molecule has 0 bridgehead atoms. The second-order valence-electron chi connectivity index (χ2n) is 4.10. The molecular formula is C11H15BrS. The Kier molecular flexibility index (Phi) is 3.10. The van der Waals surface area contributed by atoms with Gasteiger partial charge in [0.15, 0.2) is 0 Å². The maximum atomic E-state index is 3.68. The first-order valence-electron chi connectivity index (χ1n) is 4.93. The summed E-state index contributed by atoms with van der Waals surface area (Å²) in [5, 5.41) is 3.37. The van der Waals surface area contributed by atoms with E-state index >= 15 is 0 Å².